The zero-order valence-electron chi connectivity index (χ0n) is 15.8. The van der Waals surface area contributed by atoms with Gasteiger partial charge in [0, 0.05) is 6.07 Å². The molecule has 1 aliphatic carbocycles. The third kappa shape index (κ3) is 3.41. The lowest BCUT2D eigenvalue weighted by Gasteiger charge is -2.41. The van der Waals surface area contributed by atoms with Gasteiger partial charge >= 0.3 is 5.97 Å². The molecule has 7 heteroatoms. The summed E-state index contributed by atoms with van der Waals surface area (Å²) in [5, 5.41) is 30.3. The van der Waals surface area contributed by atoms with Gasteiger partial charge in [0.2, 0.25) is 0 Å². The molecule has 0 bridgehead atoms. The summed E-state index contributed by atoms with van der Waals surface area (Å²) in [6.45, 7) is 4.76. The SMILES string of the molecule is CC=CC1=CC2=CC(=O)[C@](C)(O)[C@H](OC(=O)c3c(C)cc(O)cc3O)[C@@H]2CO1. The third-order valence-electron chi connectivity index (χ3n) is 4.95. The second kappa shape index (κ2) is 7.16. The molecule has 2 aliphatic rings. The maximum atomic E-state index is 12.7. The summed E-state index contributed by atoms with van der Waals surface area (Å²) in [4.78, 5) is 25.2. The van der Waals surface area contributed by atoms with Crippen LogP contribution in [0, 0.1) is 12.8 Å². The second-order valence-corrected chi connectivity index (χ2v) is 7.10. The lowest BCUT2D eigenvalue weighted by atomic mass is 9.75. The highest BCUT2D eigenvalue weighted by molar-refractivity contribution is 6.00. The Balaban J connectivity index is 1.96. The van der Waals surface area contributed by atoms with Gasteiger partial charge in [-0.05, 0) is 56.2 Å². The molecule has 1 heterocycles. The summed E-state index contributed by atoms with van der Waals surface area (Å²) in [5.41, 5.74) is -1.19. The Morgan fingerprint density at radius 1 is 1.32 bits per heavy atom. The van der Waals surface area contributed by atoms with Crippen molar-refractivity contribution < 1.29 is 34.4 Å². The molecule has 3 rings (SSSR count). The van der Waals surface area contributed by atoms with E-state index in [2.05, 4.69) is 0 Å². The van der Waals surface area contributed by atoms with E-state index in [-0.39, 0.29) is 17.9 Å². The number of carbonyl (C=O) groups is 2. The minimum absolute atomic E-state index is 0.115. The number of aryl methyl sites for hydroxylation is 1. The van der Waals surface area contributed by atoms with Crippen molar-refractivity contribution in [1.29, 1.82) is 0 Å². The van der Waals surface area contributed by atoms with E-state index in [9.17, 15) is 24.9 Å². The molecular formula is C21H22O7. The van der Waals surface area contributed by atoms with Crippen molar-refractivity contribution in [2.45, 2.75) is 32.5 Å². The summed E-state index contributed by atoms with van der Waals surface area (Å²) in [6, 6.07) is 2.33. The first kappa shape index (κ1) is 19.7. The highest BCUT2D eigenvalue weighted by Crippen LogP contribution is 2.38. The number of carbonyl (C=O) groups excluding carboxylic acids is 2. The Morgan fingerprint density at radius 3 is 2.68 bits per heavy atom. The van der Waals surface area contributed by atoms with E-state index in [0.717, 1.165) is 6.07 Å². The largest absolute Gasteiger partial charge is 0.508 e. The van der Waals surface area contributed by atoms with Gasteiger partial charge in [-0.25, -0.2) is 4.79 Å². The molecule has 0 fully saturated rings. The van der Waals surface area contributed by atoms with Gasteiger partial charge in [0.05, 0.1) is 12.5 Å². The van der Waals surface area contributed by atoms with Gasteiger partial charge in [0.25, 0.3) is 0 Å². The molecule has 0 amide bonds. The molecule has 0 radical (unpaired) electrons. The topological polar surface area (TPSA) is 113 Å². The second-order valence-electron chi connectivity index (χ2n) is 7.10. The molecule has 0 saturated heterocycles. The van der Waals surface area contributed by atoms with Gasteiger partial charge in [-0.2, -0.15) is 0 Å². The van der Waals surface area contributed by atoms with Gasteiger partial charge in [-0.3, -0.25) is 4.79 Å². The van der Waals surface area contributed by atoms with Crippen LogP contribution in [0.15, 0.2) is 47.8 Å². The average Bonchev–Trinajstić information content (AvgIpc) is 2.58. The fourth-order valence-corrected chi connectivity index (χ4v) is 3.48. The number of fused-ring (bicyclic) bond motifs is 1. The van der Waals surface area contributed by atoms with Crippen molar-refractivity contribution in [3.05, 3.63) is 58.9 Å². The number of ketones is 1. The summed E-state index contributed by atoms with van der Waals surface area (Å²) in [7, 11) is 0. The van der Waals surface area contributed by atoms with Crippen LogP contribution in [0.5, 0.6) is 11.5 Å². The quantitative estimate of drug-likeness (QED) is 0.683. The first-order chi connectivity index (χ1) is 13.1. The molecule has 0 aromatic heterocycles. The van der Waals surface area contributed by atoms with Crippen molar-refractivity contribution in [3.63, 3.8) is 0 Å². The molecule has 1 aromatic rings. The summed E-state index contributed by atoms with van der Waals surface area (Å²) < 4.78 is 11.1. The van der Waals surface area contributed by atoms with E-state index in [1.54, 1.807) is 18.2 Å². The molecule has 7 nitrogen and oxygen atoms in total. The number of aromatic hydroxyl groups is 2. The van der Waals surface area contributed by atoms with Gasteiger partial charge in [-0.15, -0.1) is 0 Å². The highest BCUT2D eigenvalue weighted by Gasteiger charge is 2.51. The van der Waals surface area contributed by atoms with E-state index in [0.29, 0.717) is 16.9 Å². The average molecular weight is 386 g/mol. The number of aliphatic hydroxyl groups is 1. The Hall–Kier alpha value is -3.06. The Labute approximate surface area is 162 Å². The van der Waals surface area contributed by atoms with Gasteiger partial charge < -0.3 is 24.8 Å². The van der Waals surface area contributed by atoms with Gasteiger partial charge in [0.1, 0.15) is 28.9 Å². The minimum Gasteiger partial charge on any atom is -0.508 e. The first-order valence-electron chi connectivity index (χ1n) is 8.84. The monoisotopic (exact) mass is 386 g/mol. The van der Waals surface area contributed by atoms with Crippen LogP contribution >= 0.6 is 0 Å². The van der Waals surface area contributed by atoms with Crippen LogP contribution < -0.4 is 0 Å². The Kier molecular flexibility index (Phi) is 5.04. The predicted molar refractivity (Wildman–Crippen MR) is 99.8 cm³/mol. The number of hydrogen-bond acceptors (Lipinski definition) is 7. The van der Waals surface area contributed by atoms with E-state index in [1.165, 1.54) is 26.0 Å². The van der Waals surface area contributed by atoms with Crippen LogP contribution in [0.4, 0.5) is 0 Å². The fraction of sp³-hybridized carbons (Fsp3) is 0.333. The molecule has 0 spiro atoms. The number of ether oxygens (including phenoxy) is 2. The summed E-state index contributed by atoms with van der Waals surface area (Å²) >= 11 is 0. The van der Waals surface area contributed by atoms with Crippen LogP contribution in [0.1, 0.15) is 29.8 Å². The lowest BCUT2D eigenvalue weighted by Crippen LogP contribution is -2.56. The summed E-state index contributed by atoms with van der Waals surface area (Å²) in [6.07, 6.45) is 5.34. The number of phenolic OH excluding ortho intramolecular Hbond substituents is 2. The fourth-order valence-electron chi connectivity index (χ4n) is 3.48. The Bertz CT molecular complexity index is 898. The van der Waals surface area contributed by atoms with E-state index in [4.69, 9.17) is 9.47 Å². The van der Waals surface area contributed by atoms with E-state index >= 15 is 0 Å². The Morgan fingerprint density at radius 2 is 2.04 bits per heavy atom. The smallest absolute Gasteiger partial charge is 0.342 e. The zero-order chi connectivity index (χ0) is 20.6. The molecule has 1 aliphatic heterocycles. The van der Waals surface area contributed by atoms with Crippen molar-refractivity contribution in [2.75, 3.05) is 6.61 Å². The van der Waals surface area contributed by atoms with Crippen LogP contribution in [0.25, 0.3) is 0 Å². The van der Waals surface area contributed by atoms with Crippen molar-refractivity contribution >= 4 is 11.8 Å². The van der Waals surface area contributed by atoms with Crippen molar-refractivity contribution in [3.8, 4) is 11.5 Å². The normalized spacial score (nSPS) is 26.9. The number of hydrogen-bond donors (Lipinski definition) is 3. The molecule has 1 aromatic carbocycles. The molecule has 3 atom stereocenters. The maximum absolute atomic E-state index is 12.7. The molecule has 3 N–H and O–H groups in total. The van der Waals surface area contributed by atoms with Crippen molar-refractivity contribution in [1.82, 2.24) is 0 Å². The number of allylic oxidation sites excluding steroid dienone is 3. The molecule has 0 saturated carbocycles. The number of phenols is 2. The van der Waals surface area contributed by atoms with Crippen LogP contribution in [0.3, 0.4) is 0 Å². The predicted octanol–water partition coefficient (Wildman–Crippen LogP) is 2.30. The summed E-state index contributed by atoms with van der Waals surface area (Å²) in [5.74, 6) is -2.12. The van der Waals surface area contributed by atoms with Crippen molar-refractivity contribution in [2.24, 2.45) is 5.92 Å². The van der Waals surface area contributed by atoms with E-state index in [1.807, 2.05) is 6.92 Å². The minimum atomic E-state index is -1.94. The zero-order valence-corrected chi connectivity index (χ0v) is 15.8. The third-order valence-corrected chi connectivity index (χ3v) is 4.95. The van der Waals surface area contributed by atoms with Crippen LogP contribution in [0.2, 0.25) is 0 Å². The van der Waals surface area contributed by atoms with Gasteiger partial charge in [-0.1, -0.05) is 6.08 Å². The first-order valence-corrected chi connectivity index (χ1v) is 8.84. The van der Waals surface area contributed by atoms with E-state index < -0.39 is 35.1 Å². The van der Waals surface area contributed by atoms with Crippen LogP contribution in [-0.2, 0) is 14.3 Å². The number of esters is 1. The molecular weight excluding hydrogens is 364 g/mol. The number of rotatable bonds is 3. The lowest BCUT2D eigenvalue weighted by molar-refractivity contribution is -0.151. The van der Waals surface area contributed by atoms with Gasteiger partial charge in [0.15, 0.2) is 11.4 Å². The highest BCUT2D eigenvalue weighted by atomic mass is 16.6. The standard InChI is InChI=1S/C21H22O7/c1-4-5-14-7-12-8-17(24)21(3,26)19(15(12)10-27-14)28-20(25)18-11(2)6-13(22)9-16(18)23/h4-9,15,19,22-23,26H,10H2,1-3H3/t15-,19-,21+/m1/s1. The number of benzene rings is 1. The molecule has 0 unspecified atom stereocenters. The maximum Gasteiger partial charge on any atom is 0.342 e. The molecule has 28 heavy (non-hydrogen) atoms. The van der Waals surface area contributed by atoms with Crippen LogP contribution in [-0.4, -0.2) is 45.4 Å². The molecule has 148 valence electrons.